The molecule has 0 aliphatic carbocycles. The van der Waals surface area contributed by atoms with E-state index in [2.05, 4.69) is 25.0 Å². The summed E-state index contributed by atoms with van der Waals surface area (Å²) >= 11 is 0. The van der Waals surface area contributed by atoms with Crippen molar-refractivity contribution >= 4 is 12.0 Å². The van der Waals surface area contributed by atoms with Gasteiger partial charge in [-0.1, -0.05) is 26.0 Å². The Morgan fingerprint density at radius 3 is 2.75 bits per heavy atom. The molecule has 4 heteroatoms. The van der Waals surface area contributed by atoms with Gasteiger partial charge in [0.2, 0.25) is 0 Å². The minimum Gasteiger partial charge on any atom is -0.478 e. The number of hydrogen-bond donors (Lipinski definition) is 1. The molecule has 1 N–H and O–H groups in total. The van der Waals surface area contributed by atoms with Gasteiger partial charge < -0.3 is 5.11 Å². The van der Waals surface area contributed by atoms with Crippen LogP contribution in [0.25, 0.3) is 11.8 Å². The average molecular weight is 270 g/mol. The molecule has 1 aromatic carbocycles. The highest BCUT2D eigenvalue weighted by molar-refractivity contribution is 5.85. The van der Waals surface area contributed by atoms with Gasteiger partial charge in [-0.25, -0.2) is 9.48 Å². The number of aryl methyl sites for hydroxylation is 2. The van der Waals surface area contributed by atoms with E-state index in [4.69, 9.17) is 5.11 Å². The summed E-state index contributed by atoms with van der Waals surface area (Å²) in [6, 6.07) is 9.80. The average Bonchev–Trinajstić information content (AvgIpc) is 2.89. The number of nitrogens with zero attached hydrogens (tertiary/aromatic N) is 2. The molecule has 0 fully saturated rings. The molecule has 0 atom stereocenters. The Morgan fingerprint density at radius 1 is 1.30 bits per heavy atom. The molecule has 0 radical (unpaired) electrons. The van der Waals surface area contributed by atoms with Crippen LogP contribution in [-0.4, -0.2) is 20.9 Å². The van der Waals surface area contributed by atoms with Crippen molar-refractivity contribution in [3.63, 3.8) is 0 Å². The first-order chi connectivity index (χ1) is 9.63. The summed E-state index contributed by atoms with van der Waals surface area (Å²) in [5.74, 6) is -0.947. The number of carboxylic acids is 1. The number of hydrogen-bond acceptors (Lipinski definition) is 2. The van der Waals surface area contributed by atoms with E-state index in [-0.39, 0.29) is 0 Å². The fraction of sp³-hybridized carbons (Fsp3) is 0.250. The maximum Gasteiger partial charge on any atom is 0.328 e. The van der Waals surface area contributed by atoms with Crippen molar-refractivity contribution in [2.75, 3.05) is 0 Å². The molecular formula is C16H18N2O2. The molecule has 0 spiro atoms. The van der Waals surface area contributed by atoms with E-state index in [1.165, 1.54) is 0 Å². The molecule has 20 heavy (non-hydrogen) atoms. The maximum atomic E-state index is 10.6. The smallest absolute Gasteiger partial charge is 0.328 e. The zero-order valence-corrected chi connectivity index (χ0v) is 11.7. The van der Waals surface area contributed by atoms with Gasteiger partial charge in [-0.15, -0.1) is 0 Å². The largest absolute Gasteiger partial charge is 0.478 e. The van der Waals surface area contributed by atoms with Crippen LogP contribution in [0, 0.1) is 0 Å². The van der Waals surface area contributed by atoms with Crippen LogP contribution in [0.5, 0.6) is 0 Å². The van der Waals surface area contributed by atoms with Gasteiger partial charge in [0.05, 0.1) is 11.4 Å². The SMILES string of the molecule is CCc1cc(CC)n(-c2cccc(/C=C/C(=O)O)c2)n1. The molecule has 0 aliphatic rings. The number of benzene rings is 1. The van der Waals surface area contributed by atoms with Crippen LogP contribution in [0.2, 0.25) is 0 Å². The monoisotopic (exact) mass is 270 g/mol. The second-order valence-corrected chi connectivity index (χ2v) is 4.51. The lowest BCUT2D eigenvalue weighted by Gasteiger charge is -2.06. The van der Waals surface area contributed by atoms with Crippen molar-refractivity contribution in [3.05, 3.63) is 53.4 Å². The molecule has 0 saturated carbocycles. The predicted molar refractivity (Wildman–Crippen MR) is 79.0 cm³/mol. The van der Waals surface area contributed by atoms with Gasteiger partial charge in [0, 0.05) is 11.8 Å². The van der Waals surface area contributed by atoms with Crippen LogP contribution in [-0.2, 0) is 17.6 Å². The lowest BCUT2D eigenvalue weighted by Crippen LogP contribution is -2.01. The highest BCUT2D eigenvalue weighted by atomic mass is 16.4. The Kier molecular flexibility index (Phi) is 4.35. The number of rotatable bonds is 5. The van der Waals surface area contributed by atoms with E-state index < -0.39 is 5.97 Å². The minimum atomic E-state index is -0.947. The van der Waals surface area contributed by atoms with Crippen molar-refractivity contribution in [2.45, 2.75) is 26.7 Å². The van der Waals surface area contributed by atoms with Crippen molar-refractivity contribution in [3.8, 4) is 5.69 Å². The van der Waals surface area contributed by atoms with Gasteiger partial charge in [0.25, 0.3) is 0 Å². The van der Waals surface area contributed by atoms with Gasteiger partial charge >= 0.3 is 5.97 Å². The molecule has 0 aliphatic heterocycles. The van der Waals surface area contributed by atoms with Crippen molar-refractivity contribution in [1.82, 2.24) is 9.78 Å². The maximum absolute atomic E-state index is 10.6. The van der Waals surface area contributed by atoms with Crippen LogP contribution in [0.1, 0.15) is 30.8 Å². The van der Waals surface area contributed by atoms with Crippen LogP contribution in [0.15, 0.2) is 36.4 Å². The lowest BCUT2D eigenvalue weighted by molar-refractivity contribution is -0.131. The van der Waals surface area contributed by atoms with Crippen molar-refractivity contribution < 1.29 is 9.90 Å². The Bertz CT molecular complexity index is 642. The summed E-state index contributed by atoms with van der Waals surface area (Å²) < 4.78 is 1.93. The number of aromatic nitrogens is 2. The quantitative estimate of drug-likeness (QED) is 0.849. The predicted octanol–water partition coefficient (Wildman–Crippen LogP) is 3.09. The van der Waals surface area contributed by atoms with Gasteiger partial charge in [0.15, 0.2) is 0 Å². The highest BCUT2D eigenvalue weighted by Gasteiger charge is 2.07. The summed E-state index contributed by atoms with van der Waals surface area (Å²) in [5.41, 5.74) is 4.02. The van der Waals surface area contributed by atoms with Gasteiger partial charge in [-0.3, -0.25) is 0 Å². The molecule has 1 heterocycles. The normalized spacial score (nSPS) is 11.1. The Labute approximate surface area is 118 Å². The van der Waals surface area contributed by atoms with Gasteiger partial charge in [-0.05, 0) is 42.7 Å². The standard InChI is InChI=1S/C16H18N2O2/c1-3-13-11-14(4-2)18(17-13)15-7-5-6-12(10-15)8-9-16(19)20/h5-11H,3-4H2,1-2H3,(H,19,20)/b9-8+. The first kappa shape index (κ1) is 14.1. The van der Waals surface area contributed by atoms with Crippen LogP contribution in [0.3, 0.4) is 0 Å². The van der Waals surface area contributed by atoms with Crippen LogP contribution >= 0.6 is 0 Å². The second-order valence-electron chi connectivity index (χ2n) is 4.51. The van der Waals surface area contributed by atoms with E-state index in [0.29, 0.717) is 0 Å². The highest BCUT2D eigenvalue weighted by Crippen LogP contribution is 2.16. The second kappa shape index (κ2) is 6.19. The number of carbonyl (C=O) groups is 1. The Hall–Kier alpha value is -2.36. The van der Waals surface area contributed by atoms with E-state index in [0.717, 1.165) is 41.6 Å². The minimum absolute atomic E-state index is 0.848. The van der Waals surface area contributed by atoms with Crippen molar-refractivity contribution in [1.29, 1.82) is 0 Å². The molecule has 1 aromatic heterocycles. The first-order valence-corrected chi connectivity index (χ1v) is 6.73. The third-order valence-corrected chi connectivity index (χ3v) is 3.09. The van der Waals surface area contributed by atoms with E-state index in [1.807, 2.05) is 28.9 Å². The molecule has 0 bridgehead atoms. The fourth-order valence-corrected chi connectivity index (χ4v) is 2.05. The van der Waals surface area contributed by atoms with E-state index >= 15 is 0 Å². The van der Waals surface area contributed by atoms with Crippen molar-refractivity contribution in [2.24, 2.45) is 0 Å². The van der Waals surface area contributed by atoms with E-state index in [9.17, 15) is 4.79 Å². The first-order valence-electron chi connectivity index (χ1n) is 6.73. The Morgan fingerprint density at radius 2 is 2.10 bits per heavy atom. The molecule has 2 aromatic rings. The number of aliphatic carboxylic acids is 1. The molecule has 0 unspecified atom stereocenters. The summed E-state index contributed by atoms with van der Waals surface area (Å²) in [6.45, 7) is 4.18. The molecule has 4 nitrogen and oxygen atoms in total. The topological polar surface area (TPSA) is 55.1 Å². The summed E-state index contributed by atoms with van der Waals surface area (Å²) in [6.07, 6.45) is 4.53. The van der Waals surface area contributed by atoms with Gasteiger partial charge in [-0.2, -0.15) is 5.10 Å². The third kappa shape index (κ3) is 3.15. The van der Waals surface area contributed by atoms with Crippen LogP contribution < -0.4 is 0 Å². The lowest BCUT2D eigenvalue weighted by atomic mass is 10.2. The summed E-state index contributed by atoms with van der Waals surface area (Å²) in [5, 5.41) is 13.3. The molecule has 0 amide bonds. The fourth-order valence-electron chi connectivity index (χ4n) is 2.05. The molecule has 0 saturated heterocycles. The molecule has 2 rings (SSSR count). The zero-order chi connectivity index (χ0) is 14.5. The summed E-state index contributed by atoms with van der Waals surface area (Å²) in [4.78, 5) is 10.6. The Balaban J connectivity index is 2.40. The van der Waals surface area contributed by atoms with Gasteiger partial charge in [0.1, 0.15) is 0 Å². The molecular weight excluding hydrogens is 252 g/mol. The molecule has 104 valence electrons. The van der Waals surface area contributed by atoms with Crippen LogP contribution in [0.4, 0.5) is 0 Å². The number of carboxylic acid groups (broad SMARTS) is 1. The zero-order valence-electron chi connectivity index (χ0n) is 11.7. The summed E-state index contributed by atoms with van der Waals surface area (Å²) in [7, 11) is 0. The van der Waals surface area contributed by atoms with E-state index in [1.54, 1.807) is 6.08 Å². The third-order valence-electron chi connectivity index (χ3n) is 3.09.